The quantitative estimate of drug-likeness (QED) is 0.609. The molecule has 1 heterocycles. The minimum absolute atomic E-state index is 0.128. The molecule has 0 unspecified atom stereocenters. The van der Waals surface area contributed by atoms with E-state index in [9.17, 15) is 10.2 Å². The molecule has 0 aliphatic heterocycles. The molecule has 2 aromatic rings. The number of benzene rings is 1. The van der Waals surface area contributed by atoms with Crippen molar-refractivity contribution in [2.75, 3.05) is 0 Å². The van der Waals surface area contributed by atoms with E-state index >= 15 is 0 Å². The Kier molecular flexibility index (Phi) is 1.86. The molecule has 13 heavy (non-hydrogen) atoms. The summed E-state index contributed by atoms with van der Waals surface area (Å²) < 4.78 is 0.861. The van der Waals surface area contributed by atoms with Crippen LogP contribution in [-0.2, 0) is 6.61 Å². The number of aromatic hydroxyl groups is 2. The highest BCUT2D eigenvalue weighted by molar-refractivity contribution is 7.17. The SMILES string of the molecule is OCc1csc2ccc(O)c(O)c12. The molecule has 0 atom stereocenters. The van der Waals surface area contributed by atoms with Gasteiger partial charge in [0.25, 0.3) is 0 Å². The highest BCUT2D eigenvalue weighted by Crippen LogP contribution is 2.38. The molecule has 3 nitrogen and oxygen atoms in total. The second-order valence-electron chi connectivity index (χ2n) is 2.73. The number of rotatable bonds is 1. The molecule has 0 amide bonds. The van der Waals surface area contributed by atoms with Crippen molar-refractivity contribution in [3.8, 4) is 11.5 Å². The molecular weight excluding hydrogens is 188 g/mol. The highest BCUT2D eigenvalue weighted by atomic mass is 32.1. The smallest absolute Gasteiger partial charge is 0.166 e. The Hall–Kier alpha value is -1.26. The van der Waals surface area contributed by atoms with E-state index in [1.54, 1.807) is 11.4 Å². The van der Waals surface area contributed by atoms with Crippen LogP contribution in [-0.4, -0.2) is 15.3 Å². The van der Waals surface area contributed by atoms with Crippen LogP contribution in [0.15, 0.2) is 17.5 Å². The van der Waals surface area contributed by atoms with Gasteiger partial charge in [-0.2, -0.15) is 0 Å². The summed E-state index contributed by atoms with van der Waals surface area (Å²) in [5.41, 5.74) is 0.647. The van der Waals surface area contributed by atoms with E-state index < -0.39 is 0 Å². The number of aliphatic hydroxyl groups is 1. The lowest BCUT2D eigenvalue weighted by Gasteiger charge is -2.00. The van der Waals surface area contributed by atoms with Gasteiger partial charge in [-0.15, -0.1) is 11.3 Å². The minimum atomic E-state index is -0.152. The van der Waals surface area contributed by atoms with Crippen LogP contribution in [0.25, 0.3) is 10.1 Å². The fourth-order valence-corrected chi connectivity index (χ4v) is 2.23. The van der Waals surface area contributed by atoms with Crippen molar-refractivity contribution >= 4 is 21.4 Å². The average molecular weight is 196 g/mol. The van der Waals surface area contributed by atoms with Gasteiger partial charge in [0.05, 0.1) is 6.61 Å². The van der Waals surface area contributed by atoms with E-state index in [4.69, 9.17) is 5.11 Å². The van der Waals surface area contributed by atoms with Gasteiger partial charge >= 0.3 is 0 Å². The number of phenols is 2. The van der Waals surface area contributed by atoms with E-state index in [1.165, 1.54) is 17.4 Å². The van der Waals surface area contributed by atoms with Crippen LogP contribution in [0.4, 0.5) is 0 Å². The zero-order valence-corrected chi connectivity index (χ0v) is 7.51. The van der Waals surface area contributed by atoms with E-state index in [-0.39, 0.29) is 18.1 Å². The number of hydrogen-bond acceptors (Lipinski definition) is 4. The van der Waals surface area contributed by atoms with Crippen LogP contribution in [0.1, 0.15) is 5.56 Å². The van der Waals surface area contributed by atoms with E-state index in [0.717, 1.165) is 4.70 Å². The molecule has 0 radical (unpaired) electrons. The van der Waals surface area contributed by atoms with Crippen LogP contribution in [0.5, 0.6) is 11.5 Å². The van der Waals surface area contributed by atoms with E-state index in [1.807, 2.05) is 0 Å². The van der Waals surface area contributed by atoms with Crippen molar-refractivity contribution in [2.24, 2.45) is 0 Å². The monoisotopic (exact) mass is 196 g/mol. The molecule has 1 aromatic carbocycles. The molecule has 3 N–H and O–H groups in total. The third-order valence-corrected chi connectivity index (χ3v) is 2.93. The molecule has 1 aromatic heterocycles. The molecule has 0 spiro atoms. The Morgan fingerprint density at radius 3 is 2.69 bits per heavy atom. The largest absolute Gasteiger partial charge is 0.504 e. The van der Waals surface area contributed by atoms with Crippen molar-refractivity contribution in [2.45, 2.75) is 6.61 Å². The third-order valence-electron chi connectivity index (χ3n) is 1.94. The molecule has 0 aliphatic rings. The lowest BCUT2D eigenvalue weighted by atomic mass is 10.1. The first-order valence-electron chi connectivity index (χ1n) is 3.76. The second kappa shape index (κ2) is 2.90. The summed E-state index contributed by atoms with van der Waals surface area (Å²) in [5, 5.41) is 30.0. The maximum Gasteiger partial charge on any atom is 0.166 e. The first-order valence-corrected chi connectivity index (χ1v) is 4.64. The van der Waals surface area contributed by atoms with Crippen LogP contribution < -0.4 is 0 Å². The van der Waals surface area contributed by atoms with E-state index in [2.05, 4.69) is 0 Å². The van der Waals surface area contributed by atoms with Crippen LogP contribution in [0.3, 0.4) is 0 Å². The Labute approximate surface area is 78.5 Å². The predicted molar refractivity (Wildman–Crippen MR) is 51.1 cm³/mol. The molecule has 0 saturated carbocycles. The van der Waals surface area contributed by atoms with Crippen molar-refractivity contribution in [3.05, 3.63) is 23.1 Å². The summed E-state index contributed by atoms with van der Waals surface area (Å²) in [6.45, 7) is -0.128. The zero-order valence-electron chi connectivity index (χ0n) is 6.69. The third kappa shape index (κ3) is 1.15. The number of hydrogen-bond donors (Lipinski definition) is 3. The molecule has 4 heteroatoms. The lowest BCUT2D eigenvalue weighted by Crippen LogP contribution is -1.79. The van der Waals surface area contributed by atoms with Crippen molar-refractivity contribution in [3.63, 3.8) is 0 Å². The topological polar surface area (TPSA) is 60.7 Å². The lowest BCUT2D eigenvalue weighted by molar-refractivity contribution is 0.283. The van der Waals surface area contributed by atoms with Gasteiger partial charge < -0.3 is 15.3 Å². The minimum Gasteiger partial charge on any atom is -0.504 e. The van der Waals surface area contributed by atoms with Gasteiger partial charge in [0.1, 0.15) is 0 Å². The maximum atomic E-state index is 9.50. The number of aliphatic hydroxyl groups excluding tert-OH is 1. The molecule has 0 bridgehead atoms. The van der Waals surface area contributed by atoms with Gasteiger partial charge in [-0.1, -0.05) is 0 Å². The van der Waals surface area contributed by atoms with Crippen molar-refractivity contribution in [1.29, 1.82) is 0 Å². The van der Waals surface area contributed by atoms with Crippen LogP contribution in [0, 0.1) is 0 Å². The summed E-state index contributed by atoms with van der Waals surface area (Å²) in [6.07, 6.45) is 0. The number of thiophene rings is 1. The molecule has 0 saturated heterocycles. The number of fused-ring (bicyclic) bond motifs is 1. The van der Waals surface area contributed by atoms with Crippen molar-refractivity contribution in [1.82, 2.24) is 0 Å². The van der Waals surface area contributed by atoms with Gasteiger partial charge in [0, 0.05) is 10.1 Å². The Bertz CT molecular complexity index is 447. The molecule has 0 fully saturated rings. The fourth-order valence-electron chi connectivity index (χ4n) is 1.28. The molecule has 68 valence electrons. The molecular formula is C9H8O3S. The van der Waals surface area contributed by atoms with Gasteiger partial charge in [0.2, 0.25) is 0 Å². The van der Waals surface area contributed by atoms with Crippen molar-refractivity contribution < 1.29 is 15.3 Å². The molecule has 0 aliphatic carbocycles. The average Bonchev–Trinajstić information content (AvgIpc) is 2.55. The Balaban J connectivity index is 2.85. The summed E-state index contributed by atoms with van der Waals surface area (Å²) >= 11 is 1.43. The van der Waals surface area contributed by atoms with Crippen LogP contribution in [0.2, 0.25) is 0 Å². The Morgan fingerprint density at radius 1 is 1.23 bits per heavy atom. The normalized spacial score (nSPS) is 10.8. The van der Waals surface area contributed by atoms with Gasteiger partial charge in [-0.3, -0.25) is 0 Å². The number of phenolic OH excluding ortho intramolecular Hbond substituents is 2. The standard InChI is InChI=1S/C9H8O3S/c10-3-5-4-13-7-2-1-6(11)9(12)8(5)7/h1-2,4,10-12H,3H2. The summed E-state index contributed by atoms with van der Waals surface area (Å²) in [4.78, 5) is 0. The summed E-state index contributed by atoms with van der Waals surface area (Å²) in [5.74, 6) is -0.302. The second-order valence-corrected chi connectivity index (χ2v) is 3.64. The van der Waals surface area contributed by atoms with E-state index in [0.29, 0.717) is 10.9 Å². The first kappa shape index (κ1) is 8.34. The van der Waals surface area contributed by atoms with Gasteiger partial charge in [0.15, 0.2) is 11.5 Å². The fraction of sp³-hybridized carbons (Fsp3) is 0.111. The Morgan fingerprint density at radius 2 is 2.00 bits per heavy atom. The van der Waals surface area contributed by atoms with Gasteiger partial charge in [-0.25, -0.2) is 0 Å². The maximum absolute atomic E-state index is 9.50. The van der Waals surface area contributed by atoms with Crippen LogP contribution >= 0.6 is 11.3 Å². The predicted octanol–water partition coefficient (Wildman–Crippen LogP) is 1.80. The zero-order chi connectivity index (χ0) is 9.42. The highest BCUT2D eigenvalue weighted by Gasteiger charge is 2.10. The summed E-state index contributed by atoms with van der Waals surface area (Å²) in [6, 6.07) is 3.16. The summed E-state index contributed by atoms with van der Waals surface area (Å²) in [7, 11) is 0. The van der Waals surface area contributed by atoms with Gasteiger partial charge in [-0.05, 0) is 23.1 Å². The first-order chi connectivity index (χ1) is 6.24. The molecule has 2 rings (SSSR count).